The van der Waals surface area contributed by atoms with Gasteiger partial charge in [0.25, 0.3) is 0 Å². The van der Waals surface area contributed by atoms with Crippen LogP contribution in [0.2, 0.25) is 0 Å². The molecule has 1 heterocycles. The van der Waals surface area contributed by atoms with Gasteiger partial charge in [0.2, 0.25) is 0 Å². The molecule has 0 bridgehead atoms. The second-order valence-electron chi connectivity index (χ2n) is 4.43. The fourth-order valence-corrected chi connectivity index (χ4v) is 1.93. The number of anilines is 1. The molecule has 0 saturated carbocycles. The van der Waals surface area contributed by atoms with Crippen molar-refractivity contribution in [1.29, 1.82) is 0 Å². The lowest BCUT2D eigenvalue weighted by Crippen LogP contribution is -2.17. The summed E-state index contributed by atoms with van der Waals surface area (Å²) in [5, 5.41) is 29.5. The molecule has 3 N–H and O–H groups in total. The molecular formula is C13H21N3O3. The van der Waals surface area contributed by atoms with Crippen molar-refractivity contribution in [3.8, 4) is 0 Å². The van der Waals surface area contributed by atoms with E-state index >= 15 is 0 Å². The number of carbonyl (C=O) groups is 1. The smallest absolute Gasteiger partial charge is 0.339 e. The monoisotopic (exact) mass is 267 g/mol. The van der Waals surface area contributed by atoms with E-state index in [2.05, 4.69) is 15.5 Å². The molecule has 6 heteroatoms. The van der Waals surface area contributed by atoms with Crippen LogP contribution in [0.25, 0.3) is 0 Å². The SMILES string of the molecule is CCc1nnc(NCCC(C)O)c(C(=O)O)c1CC. The van der Waals surface area contributed by atoms with E-state index in [1.165, 1.54) is 0 Å². The van der Waals surface area contributed by atoms with Gasteiger partial charge >= 0.3 is 5.97 Å². The van der Waals surface area contributed by atoms with E-state index in [1.54, 1.807) is 6.92 Å². The largest absolute Gasteiger partial charge is 0.478 e. The average Bonchev–Trinajstić information content (AvgIpc) is 2.37. The summed E-state index contributed by atoms with van der Waals surface area (Å²) in [6.07, 6.45) is 1.35. The summed E-state index contributed by atoms with van der Waals surface area (Å²) in [7, 11) is 0. The molecule has 1 rings (SSSR count). The number of hydrogen-bond acceptors (Lipinski definition) is 5. The predicted octanol–water partition coefficient (Wildman–Crippen LogP) is 1.48. The molecule has 106 valence electrons. The predicted molar refractivity (Wildman–Crippen MR) is 72.5 cm³/mol. The zero-order valence-corrected chi connectivity index (χ0v) is 11.6. The summed E-state index contributed by atoms with van der Waals surface area (Å²) in [6.45, 7) is 5.97. The van der Waals surface area contributed by atoms with Crippen LogP contribution in [0.5, 0.6) is 0 Å². The molecule has 0 aliphatic carbocycles. The third-order valence-corrected chi connectivity index (χ3v) is 2.91. The number of nitrogens with zero attached hydrogens (tertiary/aromatic N) is 2. The van der Waals surface area contributed by atoms with Crippen molar-refractivity contribution in [2.24, 2.45) is 0 Å². The molecule has 0 spiro atoms. The first-order valence-electron chi connectivity index (χ1n) is 6.54. The minimum atomic E-state index is -0.999. The third kappa shape index (κ3) is 3.89. The quantitative estimate of drug-likeness (QED) is 0.692. The molecule has 0 amide bonds. The highest BCUT2D eigenvalue weighted by atomic mass is 16.4. The van der Waals surface area contributed by atoms with Gasteiger partial charge in [-0.3, -0.25) is 0 Å². The van der Waals surface area contributed by atoms with Crippen LogP contribution in [0.15, 0.2) is 0 Å². The van der Waals surface area contributed by atoms with Gasteiger partial charge in [-0.15, -0.1) is 5.10 Å². The van der Waals surface area contributed by atoms with Gasteiger partial charge in [0.05, 0.1) is 11.8 Å². The van der Waals surface area contributed by atoms with Crippen LogP contribution >= 0.6 is 0 Å². The summed E-state index contributed by atoms with van der Waals surface area (Å²) in [5.41, 5.74) is 1.64. The van der Waals surface area contributed by atoms with Gasteiger partial charge in [-0.05, 0) is 31.7 Å². The molecular weight excluding hydrogens is 246 g/mol. The number of aliphatic hydroxyl groups excluding tert-OH is 1. The number of aryl methyl sites for hydroxylation is 1. The van der Waals surface area contributed by atoms with E-state index in [1.807, 2.05) is 13.8 Å². The van der Waals surface area contributed by atoms with E-state index in [4.69, 9.17) is 0 Å². The summed E-state index contributed by atoms with van der Waals surface area (Å²) in [5.74, 6) is -0.719. The van der Waals surface area contributed by atoms with Crippen molar-refractivity contribution in [3.05, 3.63) is 16.8 Å². The van der Waals surface area contributed by atoms with Crippen LogP contribution in [0.3, 0.4) is 0 Å². The van der Waals surface area contributed by atoms with Gasteiger partial charge in [0.1, 0.15) is 5.56 Å². The van der Waals surface area contributed by atoms with Crippen LogP contribution in [-0.2, 0) is 12.8 Å². The van der Waals surface area contributed by atoms with E-state index in [0.717, 1.165) is 11.3 Å². The van der Waals surface area contributed by atoms with Gasteiger partial charge in [0, 0.05) is 6.54 Å². The van der Waals surface area contributed by atoms with Gasteiger partial charge in [0.15, 0.2) is 5.82 Å². The molecule has 1 aromatic heterocycles. The molecule has 0 aliphatic rings. The minimum Gasteiger partial charge on any atom is -0.478 e. The normalized spacial score (nSPS) is 12.2. The van der Waals surface area contributed by atoms with Crippen molar-refractivity contribution in [3.63, 3.8) is 0 Å². The number of rotatable bonds is 7. The first kappa shape index (κ1) is 15.4. The van der Waals surface area contributed by atoms with Gasteiger partial charge in [-0.25, -0.2) is 4.79 Å². The lowest BCUT2D eigenvalue weighted by Gasteiger charge is -2.14. The topological polar surface area (TPSA) is 95.3 Å². The highest BCUT2D eigenvalue weighted by Gasteiger charge is 2.20. The van der Waals surface area contributed by atoms with Crippen molar-refractivity contribution in [2.45, 2.75) is 46.1 Å². The van der Waals surface area contributed by atoms with Crippen molar-refractivity contribution < 1.29 is 15.0 Å². The Morgan fingerprint density at radius 3 is 2.47 bits per heavy atom. The molecule has 0 radical (unpaired) electrons. The zero-order valence-electron chi connectivity index (χ0n) is 11.6. The van der Waals surface area contributed by atoms with E-state index in [0.29, 0.717) is 25.8 Å². The van der Waals surface area contributed by atoms with E-state index in [9.17, 15) is 15.0 Å². The average molecular weight is 267 g/mol. The fourth-order valence-electron chi connectivity index (χ4n) is 1.93. The number of aromatic carboxylic acids is 1. The molecule has 0 aromatic carbocycles. The molecule has 1 unspecified atom stereocenters. The lowest BCUT2D eigenvalue weighted by atomic mass is 10.0. The van der Waals surface area contributed by atoms with Crippen molar-refractivity contribution in [2.75, 3.05) is 11.9 Å². The Bertz CT molecular complexity index is 447. The Labute approximate surface area is 112 Å². The van der Waals surface area contributed by atoms with Gasteiger partial charge in [-0.1, -0.05) is 13.8 Å². The maximum atomic E-state index is 11.4. The van der Waals surface area contributed by atoms with E-state index in [-0.39, 0.29) is 11.4 Å². The number of hydrogen-bond donors (Lipinski definition) is 3. The Morgan fingerprint density at radius 2 is 2.00 bits per heavy atom. The first-order chi connectivity index (χ1) is 9.01. The maximum Gasteiger partial charge on any atom is 0.339 e. The molecule has 0 aliphatic heterocycles. The summed E-state index contributed by atoms with van der Waals surface area (Å²) < 4.78 is 0. The molecule has 6 nitrogen and oxygen atoms in total. The number of nitrogens with one attached hydrogen (secondary N) is 1. The maximum absolute atomic E-state index is 11.4. The van der Waals surface area contributed by atoms with Crippen LogP contribution in [0.4, 0.5) is 5.82 Å². The van der Waals surface area contributed by atoms with E-state index < -0.39 is 12.1 Å². The molecule has 0 fully saturated rings. The number of aromatic nitrogens is 2. The Hall–Kier alpha value is -1.69. The van der Waals surface area contributed by atoms with Crippen LogP contribution in [-0.4, -0.2) is 39.0 Å². The number of aliphatic hydroxyl groups is 1. The molecule has 1 aromatic rings. The van der Waals surface area contributed by atoms with Crippen molar-refractivity contribution in [1.82, 2.24) is 10.2 Å². The number of carboxylic acids is 1. The van der Waals surface area contributed by atoms with Crippen LogP contribution in [0.1, 0.15) is 48.8 Å². The lowest BCUT2D eigenvalue weighted by molar-refractivity contribution is 0.0696. The standard InChI is InChI=1S/C13H21N3O3/c1-4-9-10(5-2)15-16-12(11(9)13(18)19)14-7-6-8(3)17/h8,17H,4-7H2,1-3H3,(H,14,16)(H,18,19). The highest BCUT2D eigenvalue weighted by molar-refractivity contribution is 5.95. The fraction of sp³-hybridized carbons (Fsp3) is 0.615. The Balaban J connectivity index is 3.06. The molecule has 19 heavy (non-hydrogen) atoms. The van der Waals surface area contributed by atoms with Crippen LogP contribution < -0.4 is 5.32 Å². The highest BCUT2D eigenvalue weighted by Crippen LogP contribution is 2.21. The summed E-state index contributed by atoms with van der Waals surface area (Å²) in [6, 6.07) is 0. The Morgan fingerprint density at radius 1 is 1.32 bits per heavy atom. The zero-order chi connectivity index (χ0) is 14.4. The second kappa shape index (κ2) is 7.04. The summed E-state index contributed by atoms with van der Waals surface area (Å²) >= 11 is 0. The Kier molecular flexibility index (Phi) is 5.69. The van der Waals surface area contributed by atoms with Crippen LogP contribution in [0, 0.1) is 0 Å². The number of carboxylic acid groups (broad SMARTS) is 1. The summed E-state index contributed by atoms with van der Waals surface area (Å²) in [4.78, 5) is 11.4. The minimum absolute atomic E-state index is 0.194. The van der Waals surface area contributed by atoms with Gasteiger partial charge < -0.3 is 15.5 Å². The molecule has 1 atom stereocenters. The first-order valence-corrected chi connectivity index (χ1v) is 6.54. The third-order valence-electron chi connectivity index (χ3n) is 2.91. The van der Waals surface area contributed by atoms with Gasteiger partial charge in [-0.2, -0.15) is 5.10 Å². The van der Waals surface area contributed by atoms with Crippen molar-refractivity contribution >= 4 is 11.8 Å². The molecule has 0 saturated heterocycles. The second-order valence-corrected chi connectivity index (χ2v) is 4.43.